The third kappa shape index (κ3) is 3.99. The Hall–Kier alpha value is -2.92. The van der Waals surface area contributed by atoms with Crippen molar-refractivity contribution in [3.05, 3.63) is 83.2 Å². The molecule has 2 heterocycles. The van der Waals surface area contributed by atoms with E-state index in [1.807, 2.05) is 29.8 Å². The van der Waals surface area contributed by atoms with Crippen molar-refractivity contribution in [3.8, 4) is 5.69 Å². The van der Waals surface area contributed by atoms with Gasteiger partial charge in [0.25, 0.3) is 5.91 Å². The first-order chi connectivity index (χ1) is 13.6. The van der Waals surface area contributed by atoms with E-state index in [2.05, 4.69) is 58.6 Å². The van der Waals surface area contributed by atoms with Gasteiger partial charge in [0.1, 0.15) is 0 Å². The molecule has 0 unspecified atom stereocenters. The highest BCUT2D eigenvalue weighted by Crippen LogP contribution is 2.17. The van der Waals surface area contributed by atoms with Crippen LogP contribution in [-0.4, -0.2) is 39.7 Å². The summed E-state index contributed by atoms with van der Waals surface area (Å²) in [7, 11) is 0. The molecule has 1 fully saturated rings. The Kier molecular flexibility index (Phi) is 5.26. The molecule has 0 bridgehead atoms. The zero-order chi connectivity index (χ0) is 19.5. The van der Waals surface area contributed by atoms with Crippen molar-refractivity contribution in [1.29, 1.82) is 0 Å². The molecule has 1 aromatic heterocycles. The van der Waals surface area contributed by atoms with Crippen LogP contribution < -0.4 is 5.32 Å². The van der Waals surface area contributed by atoms with Gasteiger partial charge >= 0.3 is 0 Å². The number of aromatic nitrogens is 2. The largest absolute Gasteiger partial charge is 0.348 e. The number of hydrogen-bond donors (Lipinski definition) is 1. The normalized spacial score (nSPS) is 17.0. The zero-order valence-corrected chi connectivity index (χ0v) is 16.4. The lowest BCUT2D eigenvalue weighted by Crippen LogP contribution is -2.37. The SMILES string of the molecule is Cc1ccc(-n2ncc(C(=O)N[C@H]3CCN(Cc4ccccc4)C3)c2C)cc1. The highest BCUT2D eigenvalue weighted by molar-refractivity contribution is 5.95. The predicted octanol–water partition coefficient (Wildman–Crippen LogP) is 3.49. The minimum Gasteiger partial charge on any atom is -0.348 e. The minimum atomic E-state index is -0.0394. The Morgan fingerprint density at radius 2 is 1.86 bits per heavy atom. The highest BCUT2D eigenvalue weighted by Gasteiger charge is 2.25. The van der Waals surface area contributed by atoms with Crippen LogP contribution in [0.1, 0.15) is 33.6 Å². The van der Waals surface area contributed by atoms with Crippen molar-refractivity contribution >= 4 is 5.91 Å². The average Bonchev–Trinajstić information content (AvgIpc) is 3.29. The topological polar surface area (TPSA) is 50.2 Å². The summed E-state index contributed by atoms with van der Waals surface area (Å²) in [6.45, 7) is 6.81. The molecule has 0 radical (unpaired) electrons. The molecule has 1 N–H and O–H groups in total. The highest BCUT2D eigenvalue weighted by atomic mass is 16.1. The van der Waals surface area contributed by atoms with E-state index in [0.29, 0.717) is 5.56 Å². The first-order valence-corrected chi connectivity index (χ1v) is 9.79. The number of benzene rings is 2. The summed E-state index contributed by atoms with van der Waals surface area (Å²) in [5.74, 6) is -0.0394. The maximum Gasteiger partial charge on any atom is 0.255 e. The van der Waals surface area contributed by atoms with Crippen LogP contribution in [-0.2, 0) is 6.54 Å². The summed E-state index contributed by atoms with van der Waals surface area (Å²) in [5, 5.41) is 7.62. The molecule has 1 amide bonds. The molecule has 3 aromatic rings. The van der Waals surface area contributed by atoms with Crippen molar-refractivity contribution < 1.29 is 4.79 Å². The van der Waals surface area contributed by atoms with Crippen molar-refractivity contribution in [2.75, 3.05) is 13.1 Å². The lowest BCUT2D eigenvalue weighted by atomic mass is 10.2. The van der Waals surface area contributed by atoms with E-state index in [9.17, 15) is 4.79 Å². The summed E-state index contributed by atoms with van der Waals surface area (Å²) >= 11 is 0. The number of amides is 1. The summed E-state index contributed by atoms with van der Waals surface area (Å²) in [5.41, 5.74) is 4.98. The Labute approximate surface area is 166 Å². The fourth-order valence-corrected chi connectivity index (χ4v) is 3.78. The molecule has 144 valence electrons. The molecule has 0 spiro atoms. The van der Waals surface area contributed by atoms with E-state index >= 15 is 0 Å². The van der Waals surface area contributed by atoms with Gasteiger partial charge in [0.05, 0.1) is 23.1 Å². The number of aryl methyl sites for hydroxylation is 1. The fraction of sp³-hybridized carbons (Fsp3) is 0.304. The van der Waals surface area contributed by atoms with Crippen LogP contribution in [0.25, 0.3) is 5.69 Å². The number of carbonyl (C=O) groups is 1. The van der Waals surface area contributed by atoms with E-state index in [-0.39, 0.29) is 11.9 Å². The van der Waals surface area contributed by atoms with Crippen LogP contribution in [0.4, 0.5) is 0 Å². The Morgan fingerprint density at radius 3 is 2.61 bits per heavy atom. The van der Waals surface area contributed by atoms with Gasteiger partial charge in [-0.3, -0.25) is 9.69 Å². The number of nitrogens with zero attached hydrogens (tertiary/aromatic N) is 3. The summed E-state index contributed by atoms with van der Waals surface area (Å²) in [4.78, 5) is 15.2. The third-order valence-corrected chi connectivity index (χ3v) is 5.39. The number of rotatable bonds is 5. The van der Waals surface area contributed by atoms with Gasteiger partial charge < -0.3 is 5.32 Å². The quantitative estimate of drug-likeness (QED) is 0.744. The van der Waals surface area contributed by atoms with Crippen molar-refractivity contribution in [2.45, 2.75) is 32.9 Å². The molecule has 4 rings (SSSR count). The van der Waals surface area contributed by atoms with E-state index < -0.39 is 0 Å². The van der Waals surface area contributed by atoms with E-state index in [1.165, 1.54) is 11.1 Å². The van der Waals surface area contributed by atoms with E-state index in [4.69, 9.17) is 0 Å². The van der Waals surface area contributed by atoms with Gasteiger partial charge in [-0.15, -0.1) is 0 Å². The molecule has 0 aliphatic carbocycles. The van der Waals surface area contributed by atoms with E-state index in [0.717, 1.165) is 37.4 Å². The van der Waals surface area contributed by atoms with Crippen LogP contribution >= 0.6 is 0 Å². The zero-order valence-electron chi connectivity index (χ0n) is 16.4. The van der Waals surface area contributed by atoms with Crippen LogP contribution in [0.2, 0.25) is 0 Å². The molecule has 1 atom stereocenters. The van der Waals surface area contributed by atoms with Crippen molar-refractivity contribution in [3.63, 3.8) is 0 Å². The van der Waals surface area contributed by atoms with Crippen LogP contribution in [0, 0.1) is 13.8 Å². The van der Waals surface area contributed by atoms with Gasteiger partial charge in [0.2, 0.25) is 0 Å². The fourth-order valence-electron chi connectivity index (χ4n) is 3.78. The first-order valence-electron chi connectivity index (χ1n) is 9.79. The number of likely N-dealkylation sites (tertiary alicyclic amines) is 1. The summed E-state index contributed by atoms with van der Waals surface area (Å²) in [6, 6.07) is 18.8. The average molecular weight is 374 g/mol. The van der Waals surface area contributed by atoms with Crippen LogP contribution in [0.3, 0.4) is 0 Å². The summed E-state index contributed by atoms with van der Waals surface area (Å²) < 4.78 is 1.82. The molecule has 1 aliphatic rings. The van der Waals surface area contributed by atoms with Crippen LogP contribution in [0.5, 0.6) is 0 Å². The molecule has 1 saturated heterocycles. The Morgan fingerprint density at radius 1 is 1.11 bits per heavy atom. The first kappa shape index (κ1) is 18.4. The maximum absolute atomic E-state index is 12.8. The maximum atomic E-state index is 12.8. The second-order valence-corrected chi connectivity index (χ2v) is 7.57. The van der Waals surface area contributed by atoms with Gasteiger partial charge in [0.15, 0.2) is 0 Å². The van der Waals surface area contributed by atoms with Gasteiger partial charge in [-0.1, -0.05) is 48.0 Å². The lowest BCUT2D eigenvalue weighted by Gasteiger charge is -2.16. The van der Waals surface area contributed by atoms with Gasteiger partial charge in [-0.25, -0.2) is 4.68 Å². The number of carbonyl (C=O) groups excluding carboxylic acids is 1. The molecule has 5 heteroatoms. The smallest absolute Gasteiger partial charge is 0.255 e. The molecule has 2 aromatic carbocycles. The predicted molar refractivity (Wildman–Crippen MR) is 111 cm³/mol. The minimum absolute atomic E-state index is 0.0394. The molecular formula is C23H26N4O. The van der Waals surface area contributed by atoms with Gasteiger partial charge in [-0.05, 0) is 38.0 Å². The lowest BCUT2D eigenvalue weighted by molar-refractivity contribution is 0.0937. The molecule has 0 saturated carbocycles. The second kappa shape index (κ2) is 7.98. The van der Waals surface area contributed by atoms with Crippen molar-refractivity contribution in [1.82, 2.24) is 20.0 Å². The second-order valence-electron chi connectivity index (χ2n) is 7.57. The van der Waals surface area contributed by atoms with Crippen molar-refractivity contribution in [2.24, 2.45) is 0 Å². The molecule has 5 nitrogen and oxygen atoms in total. The van der Waals surface area contributed by atoms with Gasteiger partial charge in [-0.2, -0.15) is 5.10 Å². The van der Waals surface area contributed by atoms with Gasteiger partial charge in [0, 0.05) is 25.7 Å². The summed E-state index contributed by atoms with van der Waals surface area (Å²) in [6.07, 6.45) is 2.64. The van der Waals surface area contributed by atoms with Crippen LogP contribution in [0.15, 0.2) is 60.8 Å². The molecule has 1 aliphatic heterocycles. The number of hydrogen-bond acceptors (Lipinski definition) is 3. The standard InChI is InChI=1S/C23H26N4O/c1-17-8-10-21(11-9-17)27-18(2)22(14-24-27)23(28)25-20-12-13-26(16-20)15-19-6-4-3-5-7-19/h3-11,14,20H,12-13,15-16H2,1-2H3,(H,25,28)/t20-/m0/s1. The number of nitrogens with one attached hydrogen (secondary N) is 1. The van der Waals surface area contributed by atoms with E-state index in [1.54, 1.807) is 6.20 Å². The third-order valence-electron chi connectivity index (χ3n) is 5.39. The Bertz CT molecular complexity index is 946. The Balaban J connectivity index is 1.39. The molecule has 28 heavy (non-hydrogen) atoms. The monoisotopic (exact) mass is 374 g/mol. The molecular weight excluding hydrogens is 348 g/mol.